The molecule has 19 N–H and O–H groups in total. The summed E-state index contributed by atoms with van der Waals surface area (Å²) in [6.07, 6.45) is 5.83. The van der Waals surface area contributed by atoms with Crippen LogP contribution in [0.2, 0.25) is 0 Å². The van der Waals surface area contributed by atoms with Crippen LogP contribution in [0.5, 0.6) is 0 Å². The molecule has 0 radical (unpaired) electrons. The van der Waals surface area contributed by atoms with E-state index in [0.717, 1.165) is 37.0 Å². The number of hydrogen-bond donors (Lipinski definition) is 16. The lowest BCUT2D eigenvalue weighted by molar-refractivity contribution is -0.894. The number of carboxylic acid groups (broad SMARTS) is 4. The van der Waals surface area contributed by atoms with Gasteiger partial charge in [-0.25, -0.2) is 9.59 Å². The van der Waals surface area contributed by atoms with Crippen molar-refractivity contribution in [3.63, 3.8) is 0 Å². The Kier molecular flexibility index (Phi) is 44.6. The molecule has 6 heterocycles. The number of hydrogen-bond acceptors (Lipinski definition) is 27. The second-order valence-electron chi connectivity index (χ2n) is 36.0. The van der Waals surface area contributed by atoms with Gasteiger partial charge in [0, 0.05) is 111 Å². The minimum absolute atomic E-state index is 0.00651. The van der Waals surface area contributed by atoms with Crippen molar-refractivity contribution in [2.75, 3.05) is 165 Å². The quantitative estimate of drug-likeness (QED) is 0.00724. The van der Waals surface area contributed by atoms with E-state index in [1.165, 1.54) is 9.80 Å². The van der Waals surface area contributed by atoms with E-state index in [4.69, 9.17) is 21.9 Å². The van der Waals surface area contributed by atoms with Gasteiger partial charge in [-0.05, 0) is 121 Å². The zero-order valence-electron chi connectivity index (χ0n) is 75.4. The number of guanidine groups is 1. The topological polar surface area (TPSA) is 618 Å². The molecule has 1 aromatic heterocycles. The Balaban J connectivity index is 0.974. The van der Waals surface area contributed by atoms with E-state index < -0.39 is 182 Å². The fourth-order valence-electron chi connectivity index (χ4n) is 17.6. The molecule has 10 amide bonds. The number of unbranched alkanes of at least 4 members (excludes halogenated alkanes) is 2. The number of aliphatic hydroxyl groups excluding tert-OH is 2. The van der Waals surface area contributed by atoms with Crippen LogP contribution in [0, 0.1) is 11.8 Å². The molecular formula is C82H139BF2N23O22+. The van der Waals surface area contributed by atoms with Gasteiger partial charge in [0.15, 0.2) is 12.1 Å². The van der Waals surface area contributed by atoms with Crippen LogP contribution in [-0.2, 0) is 89.7 Å². The number of esters is 1. The average Bonchev–Trinajstić information content (AvgIpc) is 1.64. The molecule has 6 fully saturated rings. The standard InChI is InChI=1S/C82H138BF2N23O22/c1-53(2)39-61(80(127)128)95-76(123)63-19-13-27-105(63)77(124)62(51-109)96-74(121)60(40-54-15-6-5-7-16-54)94-67(111)42-90-75(122)65-41-57(110)44-107(65)78(125)64-20-14-28-106(64)79(126)66(21-12-25-89-82(87)88)130-81(129)59(18-8-10-24-86)93-69(113)45-99-29-22-55(23-30-99)91-73(120)58(17-9-11-26-104-43-56(97-98-104)50-108(3,4)52-83(84)85)92-68(112)46-100-31-33-101(47-70(114)115)35-37-103(49-72(118)119)38-36-102(34-32-100)48-71(116)117/h43,53-55,57-66,109-110H,5-42,44-52,86H2,1-4H3,(H14-,87,88,89,90,91,92,93,94,95,96,111,112,113,114,115,116,117,118,119,120,121,122,123,127,128)/p+1/t57?,58-,59-,60-,61-,62-,63-,64-,65-,66-/m0/s1. The number of aliphatic carboxylic acids is 4. The molecule has 1 unspecified atom stereocenters. The molecular weight excluding hydrogens is 1710 g/mol. The fraction of sp³-hybridized carbons (Fsp3) is 0.780. The van der Waals surface area contributed by atoms with E-state index in [0.29, 0.717) is 57.2 Å². The van der Waals surface area contributed by atoms with Crippen LogP contribution in [0.3, 0.4) is 0 Å². The highest BCUT2D eigenvalue weighted by Gasteiger charge is 2.48. The van der Waals surface area contributed by atoms with Gasteiger partial charge in [0.05, 0.1) is 72.3 Å². The molecule has 45 nitrogen and oxygen atoms in total. The van der Waals surface area contributed by atoms with Gasteiger partial charge in [-0.3, -0.25) is 105 Å². The summed E-state index contributed by atoms with van der Waals surface area (Å²) >= 11 is 0. The zero-order valence-corrected chi connectivity index (χ0v) is 75.4. The summed E-state index contributed by atoms with van der Waals surface area (Å²) in [5.74, 6) is -13.2. The van der Waals surface area contributed by atoms with E-state index >= 15 is 0 Å². The molecule has 0 spiro atoms. The predicted molar refractivity (Wildman–Crippen MR) is 465 cm³/mol. The van der Waals surface area contributed by atoms with Gasteiger partial charge in [0.25, 0.3) is 5.91 Å². The number of aliphatic imine (C=N–C) groups is 1. The minimum Gasteiger partial charge on any atom is -0.480 e. The average molecular weight is 1850 g/mol. The van der Waals surface area contributed by atoms with Crippen LogP contribution >= 0.6 is 0 Å². The predicted octanol–water partition coefficient (Wildman–Crippen LogP) is -5.28. The van der Waals surface area contributed by atoms with E-state index in [1.54, 1.807) is 58.4 Å². The van der Waals surface area contributed by atoms with Gasteiger partial charge in [-0.2, -0.15) is 0 Å². The molecule has 5 saturated heterocycles. The number of piperidine rings is 1. The molecule has 1 aliphatic carbocycles. The first-order valence-electron chi connectivity index (χ1n) is 45.5. The number of ether oxygens (including phenoxy) is 1. The van der Waals surface area contributed by atoms with Crippen molar-refractivity contribution in [2.24, 2.45) is 34.0 Å². The molecule has 0 aromatic carbocycles. The molecule has 48 heteroatoms. The van der Waals surface area contributed by atoms with Gasteiger partial charge < -0.3 is 109 Å². The number of β-amino-alcohol motifs (C(OH)–C–C–N with tert-alkyl or cyclic N) is 1. The number of aryl methyl sites for hydroxylation is 1. The summed E-state index contributed by atoms with van der Waals surface area (Å²) in [7, 11) is 0.769. The van der Waals surface area contributed by atoms with Crippen molar-refractivity contribution in [1.82, 2.24) is 91.4 Å². The van der Waals surface area contributed by atoms with Crippen molar-refractivity contribution in [2.45, 2.75) is 235 Å². The normalized spacial score (nSPS) is 20.7. The highest BCUT2D eigenvalue weighted by atomic mass is 19.2. The first-order valence-corrected chi connectivity index (χ1v) is 45.5. The van der Waals surface area contributed by atoms with Gasteiger partial charge >= 0.3 is 37.1 Å². The van der Waals surface area contributed by atoms with Crippen LogP contribution in [0.4, 0.5) is 8.63 Å². The number of halogens is 2. The number of carbonyl (C=O) groups is 15. The number of nitrogens with two attached hydrogens (primary N) is 3. The second kappa shape index (κ2) is 54.1. The van der Waals surface area contributed by atoms with Crippen molar-refractivity contribution >= 4 is 102 Å². The van der Waals surface area contributed by atoms with Crippen molar-refractivity contribution < 1.29 is 120 Å². The number of nitrogens with zero attached hydrogens (tertiary/aromatic N) is 13. The maximum Gasteiger partial charge on any atom is 0.592 e. The lowest BCUT2D eigenvalue weighted by Crippen LogP contribution is -2.59. The van der Waals surface area contributed by atoms with Crippen molar-refractivity contribution in [3.05, 3.63) is 11.9 Å². The van der Waals surface area contributed by atoms with Crippen LogP contribution < -0.4 is 54.4 Å². The number of quaternary nitrogens is 1. The van der Waals surface area contributed by atoms with Crippen LogP contribution in [-0.4, -0.2) is 423 Å². The summed E-state index contributed by atoms with van der Waals surface area (Å²) in [5.41, 5.74) is 17.7. The Hall–Kier alpha value is -9.98. The minimum atomic E-state index is -2.54. The molecule has 7 rings (SSSR count). The van der Waals surface area contributed by atoms with Crippen LogP contribution in [0.1, 0.15) is 161 Å². The number of aliphatic hydroxyl groups is 2. The van der Waals surface area contributed by atoms with Crippen LogP contribution in [0.25, 0.3) is 0 Å². The maximum atomic E-state index is 15.0. The third-order valence-electron chi connectivity index (χ3n) is 24.3. The summed E-state index contributed by atoms with van der Waals surface area (Å²) in [4.78, 5) is 221. The third-order valence-corrected chi connectivity index (χ3v) is 24.3. The van der Waals surface area contributed by atoms with Gasteiger partial charge in [-0.15, -0.1) is 5.10 Å². The number of amides is 10. The highest BCUT2D eigenvalue weighted by Crippen LogP contribution is 2.30. The molecule has 5 aliphatic heterocycles. The van der Waals surface area contributed by atoms with E-state index in [9.17, 15) is 111 Å². The molecule has 6 aliphatic rings. The molecule has 130 heavy (non-hydrogen) atoms. The molecule has 1 aromatic rings. The van der Waals surface area contributed by atoms with E-state index in [1.807, 2.05) is 4.90 Å². The smallest absolute Gasteiger partial charge is 0.480 e. The molecule has 1 saturated carbocycles. The van der Waals surface area contributed by atoms with Crippen molar-refractivity contribution in [1.29, 1.82) is 0 Å². The van der Waals surface area contributed by atoms with E-state index in [-0.39, 0.29) is 224 Å². The van der Waals surface area contributed by atoms with E-state index in [2.05, 4.69) is 52.5 Å². The summed E-state index contributed by atoms with van der Waals surface area (Å²) in [5, 5.41) is 87.9. The Bertz CT molecular complexity index is 3920. The number of aromatic nitrogens is 3. The lowest BCUT2D eigenvalue weighted by atomic mass is 9.84. The summed E-state index contributed by atoms with van der Waals surface area (Å²) in [6.45, 7) is 2.48. The second-order valence-corrected chi connectivity index (χ2v) is 36.0. The Morgan fingerprint density at radius 1 is 0.577 bits per heavy atom. The van der Waals surface area contributed by atoms with Crippen molar-refractivity contribution in [3.8, 4) is 0 Å². The largest absolute Gasteiger partial charge is 0.592 e. The number of carboxylic acids is 4. The fourth-order valence-corrected chi connectivity index (χ4v) is 17.6. The maximum absolute atomic E-state index is 15.0. The SMILES string of the molecule is CC(C)C[C@H](NC(=O)[C@@H]1CCCN1C(=O)[C@H](CO)NC(=O)[C@H](CC1CCCCC1)NC(=O)CNC(=O)[C@@H]1CC(O)CN1C(=O)[C@@H]1CCCN1C(=O)[C@H](CCCN=C(N)N)OC(=O)[C@H](CCCCN)NC(=O)CN1CCC(NC(=O)[C@H](CCCCn2cc(C[N+](C)(C)CB(F)F)nn2)NC(=O)CN2CCN(CC(=O)O)CCN(CC(=O)O)CCN(CC(=O)O)CC2)CC1)C(=O)O. The first kappa shape index (κ1) is 107. The van der Waals surface area contributed by atoms with Gasteiger partial charge in [0.2, 0.25) is 53.2 Å². The molecule has 10 atom stereocenters. The third kappa shape index (κ3) is 37.0. The number of carbonyl (C=O) groups excluding carboxylic acids is 11. The summed E-state index contributed by atoms with van der Waals surface area (Å²) in [6, 6.07) is -10.6. The number of nitrogens with one attached hydrogen (secondary N) is 7. The Morgan fingerprint density at radius 3 is 1.68 bits per heavy atom. The zero-order chi connectivity index (χ0) is 95.3. The lowest BCUT2D eigenvalue weighted by Gasteiger charge is -2.34. The van der Waals surface area contributed by atoms with Crippen LogP contribution in [0.15, 0.2) is 11.2 Å². The Labute approximate surface area is 756 Å². The molecule has 730 valence electrons. The van der Waals surface area contributed by atoms with Gasteiger partial charge in [-0.1, -0.05) is 51.2 Å². The highest BCUT2D eigenvalue weighted by molar-refractivity contribution is 6.42. The number of rotatable bonds is 50. The van der Waals surface area contributed by atoms with Gasteiger partial charge in [0.1, 0.15) is 67.0 Å². The number of likely N-dealkylation sites (tertiary alicyclic amines) is 4. The Morgan fingerprint density at radius 2 is 1.12 bits per heavy atom. The summed E-state index contributed by atoms with van der Waals surface area (Å²) < 4.78 is 34.3. The first-order chi connectivity index (χ1) is 61.8. The molecule has 0 bridgehead atoms. The monoisotopic (exact) mass is 1850 g/mol.